The number of pyridine rings is 1. The molecule has 1 aromatic heterocycles. The molecule has 1 saturated heterocycles. The van der Waals surface area contributed by atoms with Crippen molar-refractivity contribution in [1.29, 1.82) is 0 Å². The van der Waals surface area contributed by atoms with Crippen molar-refractivity contribution in [2.24, 2.45) is 0 Å². The summed E-state index contributed by atoms with van der Waals surface area (Å²) in [6, 6.07) is 6.13. The van der Waals surface area contributed by atoms with Gasteiger partial charge in [-0.2, -0.15) is 0 Å². The molecule has 0 spiro atoms. The number of para-hydroxylation sites is 1. The Labute approximate surface area is 135 Å². The molecule has 2 aliphatic rings. The molecule has 0 saturated carbocycles. The van der Waals surface area contributed by atoms with Crippen molar-refractivity contribution in [3.63, 3.8) is 0 Å². The molecule has 2 aromatic rings. The van der Waals surface area contributed by atoms with Gasteiger partial charge in [0.2, 0.25) is 5.43 Å². The van der Waals surface area contributed by atoms with Gasteiger partial charge in [0.25, 0.3) is 5.91 Å². The maximum Gasteiger partial charge on any atom is 0.259 e. The van der Waals surface area contributed by atoms with Gasteiger partial charge >= 0.3 is 0 Å². The molecule has 120 valence electrons. The number of hydrogen-bond donors (Lipinski definition) is 0. The minimum absolute atomic E-state index is 0.127. The van der Waals surface area contributed by atoms with Crippen LogP contribution in [-0.4, -0.2) is 53.5 Å². The van der Waals surface area contributed by atoms with Gasteiger partial charge in [-0.05, 0) is 32.0 Å². The highest BCUT2D eigenvalue weighted by Gasteiger charge is 2.27. The first-order valence-corrected chi connectivity index (χ1v) is 8.21. The van der Waals surface area contributed by atoms with Crippen molar-refractivity contribution in [2.75, 3.05) is 33.2 Å². The summed E-state index contributed by atoms with van der Waals surface area (Å²) >= 11 is 0. The van der Waals surface area contributed by atoms with Gasteiger partial charge in [-0.15, -0.1) is 0 Å². The lowest BCUT2D eigenvalue weighted by Crippen LogP contribution is -2.48. The van der Waals surface area contributed by atoms with Crippen LogP contribution in [-0.2, 0) is 6.42 Å². The molecule has 1 aromatic carbocycles. The number of rotatable bonds is 1. The number of benzene rings is 1. The van der Waals surface area contributed by atoms with E-state index in [9.17, 15) is 9.59 Å². The highest BCUT2D eigenvalue weighted by atomic mass is 16.2. The van der Waals surface area contributed by atoms with Crippen LogP contribution in [0.3, 0.4) is 0 Å². The number of carbonyl (C=O) groups is 1. The van der Waals surface area contributed by atoms with E-state index in [2.05, 4.69) is 29.5 Å². The number of piperazine rings is 1. The molecule has 0 unspecified atom stereocenters. The van der Waals surface area contributed by atoms with E-state index in [0.29, 0.717) is 24.0 Å². The summed E-state index contributed by atoms with van der Waals surface area (Å²) in [5, 5.41) is 0.673. The van der Waals surface area contributed by atoms with E-state index in [0.717, 1.165) is 25.0 Å². The molecule has 0 bridgehead atoms. The average Bonchev–Trinajstić information content (AvgIpc) is 2.87. The normalized spacial score (nSPS) is 21.1. The first-order chi connectivity index (χ1) is 11.1. The molecular formula is C18H21N3O2. The fourth-order valence-electron chi connectivity index (χ4n) is 3.75. The van der Waals surface area contributed by atoms with E-state index in [1.807, 2.05) is 12.1 Å². The minimum Gasteiger partial charge on any atom is -0.343 e. The molecule has 4 rings (SSSR count). The fourth-order valence-corrected chi connectivity index (χ4v) is 3.75. The lowest BCUT2D eigenvalue weighted by Gasteiger charge is -2.32. The molecule has 0 N–H and O–H groups in total. The van der Waals surface area contributed by atoms with E-state index >= 15 is 0 Å². The van der Waals surface area contributed by atoms with Crippen molar-refractivity contribution in [1.82, 2.24) is 14.4 Å². The van der Waals surface area contributed by atoms with Gasteiger partial charge in [-0.25, -0.2) is 0 Å². The monoisotopic (exact) mass is 311 g/mol. The van der Waals surface area contributed by atoms with Crippen LogP contribution in [0, 0.1) is 0 Å². The Kier molecular flexibility index (Phi) is 3.27. The Morgan fingerprint density at radius 1 is 1.17 bits per heavy atom. The Bertz CT molecular complexity index is 847. The lowest BCUT2D eigenvalue weighted by atomic mass is 10.1. The van der Waals surface area contributed by atoms with E-state index < -0.39 is 0 Å². The summed E-state index contributed by atoms with van der Waals surface area (Å²) in [6.45, 7) is 5.21. The van der Waals surface area contributed by atoms with Gasteiger partial charge in [0.1, 0.15) is 5.56 Å². The highest BCUT2D eigenvalue weighted by Crippen LogP contribution is 2.31. The summed E-state index contributed by atoms with van der Waals surface area (Å²) in [5.74, 6) is -0.127. The molecule has 5 heteroatoms. The Balaban J connectivity index is 1.82. The second-order valence-corrected chi connectivity index (χ2v) is 6.74. The molecule has 5 nitrogen and oxygen atoms in total. The van der Waals surface area contributed by atoms with E-state index in [-0.39, 0.29) is 17.4 Å². The maximum atomic E-state index is 12.9. The average molecular weight is 311 g/mol. The number of carbonyl (C=O) groups excluding carboxylic acids is 1. The molecule has 1 atom stereocenters. The number of likely N-dealkylation sites (N-methyl/N-ethyl adjacent to an activating group) is 1. The summed E-state index contributed by atoms with van der Waals surface area (Å²) in [6.07, 6.45) is 2.70. The molecule has 2 aliphatic heterocycles. The van der Waals surface area contributed by atoms with Gasteiger partial charge < -0.3 is 14.4 Å². The van der Waals surface area contributed by atoms with Crippen LogP contribution < -0.4 is 5.43 Å². The van der Waals surface area contributed by atoms with Gasteiger partial charge in [0.05, 0.1) is 5.52 Å². The molecule has 1 amide bonds. The molecular weight excluding hydrogens is 290 g/mol. The number of amides is 1. The van der Waals surface area contributed by atoms with Crippen LogP contribution in [0.4, 0.5) is 0 Å². The van der Waals surface area contributed by atoms with Crippen LogP contribution in [0.25, 0.3) is 10.9 Å². The first-order valence-electron chi connectivity index (χ1n) is 8.21. The van der Waals surface area contributed by atoms with E-state index in [4.69, 9.17) is 0 Å². The summed E-state index contributed by atoms with van der Waals surface area (Å²) < 4.78 is 2.11. The standard InChI is InChI=1S/C18H21N3O2/c1-12-10-13-4-3-5-14-16(13)21(12)11-15(17(14)22)18(23)20-8-6-19(2)7-9-20/h3-5,11-12H,6-10H2,1-2H3/t12-/m1/s1. The zero-order valence-corrected chi connectivity index (χ0v) is 13.6. The Morgan fingerprint density at radius 2 is 1.91 bits per heavy atom. The van der Waals surface area contributed by atoms with Crippen LogP contribution in [0.15, 0.2) is 29.2 Å². The Hall–Kier alpha value is -2.14. The predicted molar refractivity (Wildman–Crippen MR) is 90.0 cm³/mol. The zero-order valence-electron chi connectivity index (χ0n) is 13.6. The third-order valence-corrected chi connectivity index (χ3v) is 5.15. The quantitative estimate of drug-likeness (QED) is 0.802. The third-order valence-electron chi connectivity index (χ3n) is 5.15. The summed E-state index contributed by atoms with van der Waals surface area (Å²) in [5.41, 5.74) is 2.38. The summed E-state index contributed by atoms with van der Waals surface area (Å²) in [7, 11) is 2.05. The minimum atomic E-state index is -0.129. The maximum absolute atomic E-state index is 12.9. The van der Waals surface area contributed by atoms with Crippen LogP contribution in [0.2, 0.25) is 0 Å². The molecule has 0 radical (unpaired) electrons. The second kappa shape index (κ2) is 5.20. The number of nitrogens with zero attached hydrogens (tertiary/aromatic N) is 3. The lowest BCUT2D eigenvalue weighted by molar-refractivity contribution is 0.0662. The first kappa shape index (κ1) is 14.5. The van der Waals surface area contributed by atoms with Crippen molar-refractivity contribution in [2.45, 2.75) is 19.4 Å². The molecule has 0 aliphatic carbocycles. The van der Waals surface area contributed by atoms with Crippen LogP contribution in [0.5, 0.6) is 0 Å². The molecule has 3 heterocycles. The van der Waals surface area contributed by atoms with Gasteiger partial charge in [-0.1, -0.05) is 12.1 Å². The topological polar surface area (TPSA) is 45.6 Å². The van der Waals surface area contributed by atoms with E-state index in [1.165, 1.54) is 5.56 Å². The molecule has 23 heavy (non-hydrogen) atoms. The molecule has 1 fully saturated rings. The number of hydrogen-bond acceptors (Lipinski definition) is 3. The van der Waals surface area contributed by atoms with Gasteiger partial charge in [0.15, 0.2) is 0 Å². The zero-order chi connectivity index (χ0) is 16.1. The largest absolute Gasteiger partial charge is 0.343 e. The predicted octanol–water partition coefficient (Wildman–Crippen LogP) is 1.51. The van der Waals surface area contributed by atoms with Crippen LogP contribution >= 0.6 is 0 Å². The van der Waals surface area contributed by atoms with Gasteiger partial charge in [-0.3, -0.25) is 9.59 Å². The fraction of sp³-hybridized carbons (Fsp3) is 0.444. The summed E-state index contributed by atoms with van der Waals surface area (Å²) in [4.78, 5) is 29.7. The van der Waals surface area contributed by atoms with Crippen molar-refractivity contribution in [3.8, 4) is 0 Å². The SMILES string of the molecule is C[C@@H]1Cc2cccc3c(=O)c(C(=O)N4CCN(C)CC4)cn1c23. The van der Waals surface area contributed by atoms with Crippen LogP contribution in [0.1, 0.15) is 28.9 Å². The highest BCUT2D eigenvalue weighted by molar-refractivity contribution is 5.98. The van der Waals surface area contributed by atoms with Crippen molar-refractivity contribution in [3.05, 3.63) is 45.7 Å². The third kappa shape index (κ3) is 2.18. The second-order valence-electron chi connectivity index (χ2n) is 6.74. The van der Waals surface area contributed by atoms with Crippen molar-refractivity contribution < 1.29 is 4.79 Å². The Morgan fingerprint density at radius 3 is 2.65 bits per heavy atom. The van der Waals surface area contributed by atoms with E-state index in [1.54, 1.807) is 11.1 Å². The number of aromatic nitrogens is 1. The smallest absolute Gasteiger partial charge is 0.259 e. The van der Waals surface area contributed by atoms with Gasteiger partial charge in [0, 0.05) is 43.8 Å². The van der Waals surface area contributed by atoms with Crippen molar-refractivity contribution >= 4 is 16.8 Å².